The zero-order valence-electron chi connectivity index (χ0n) is 12.0. The van der Waals surface area contributed by atoms with E-state index in [2.05, 4.69) is 65.4 Å². The van der Waals surface area contributed by atoms with E-state index in [1.54, 1.807) is 0 Å². The SMILES string of the molecule is CNC(Cc1cc(C)cc(C)c1)c1ccc(Cl)c(Br)c1. The smallest absolute Gasteiger partial charge is 0.0548 e. The van der Waals surface area contributed by atoms with Crippen molar-refractivity contribution in [1.29, 1.82) is 0 Å². The van der Waals surface area contributed by atoms with Gasteiger partial charge in [0.2, 0.25) is 0 Å². The second-order valence-electron chi connectivity index (χ2n) is 5.21. The molecular weight excluding hydrogens is 334 g/mol. The number of benzene rings is 2. The Morgan fingerprint density at radius 3 is 2.30 bits per heavy atom. The molecule has 0 fully saturated rings. The molecule has 20 heavy (non-hydrogen) atoms. The van der Waals surface area contributed by atoms with Crippen LogP contribution in [0.3, 0.4) is 0 Å². The third kappa shape index (κ3) is 3.85. The monoisotopic (exact) mass is 351 g/mol. The molecule has 0 spiro atoms. The maximum Gasteiger partial charge on any atom is 0.0548 e. The molecule has 1 nitrogen and oxygen atoms in total. The fraction of sp³-hybridized carbons (Fsp3) is 0.294. The van der Waals surface area contributed by atoms with Crippen LogP contribution in [0.4, 0.5) is 0 Å². The molecule has 0 amide bonds. The van der Waals surface area contributed by atoms with Crippen LogP contribution in [0.2, 0.25) is 5.02 Å². The van der Waals surface area contributed by atoms with Crippen LogP contribution in [0.5, 0.6) is 0 Å². The van der Waals surface area contributed by atoms with Gasteiger partial charge in [-0.05, 0) is 66.5 Å². The Labute approximate surface area is 134 Å². The first kappa shape index (κ1) is 15.6. The lowest BCUT2D eigenvalue weighted by molar-refractivity contribution is 0.591. The summed E-state index contributed by atoms with van der Waals surface area (Å²) in [5.41, 5.74) is 5.22. The Kier molecular flexibility index (Phi) is 5.25. The van der Waals surface area contributed by atoms with Crippen LogP contribution in [-0.2, 0) is 6.42 Å². The molecule has 0 radical (unpaired) electrons. The van der Waals surface area contributed by atoms with Crippen molar-refractivity contribution < 1.29 is 0 Å². The van der Waals surface area contributed by atoms with E-state index in [-0.39, 0.29) is 6.04 Å². The third-order valence-corrected chi connectivity index (χ3v) is 4.63. The van der Waals surface area contributed by atoms with Crippen molar-refractivity contribution in [3.63, 3.8) is 0 Å². The number of halogens is 2. The van der Waals surface area contributed by atoms with Crippen molar-refractivity contribution in [2.75, 3.05) is 7.05 Å². The van der Waals surface area contributed by atoms with Gasteiger partial charge in [-0.2, -0.15) is 0 Å². The average Bonchev–Trinajstić information content (AvgIpc) is 2.38. The van der Waals surface area contributed by atoms with E-state index in [9.17, 15) is 0 Å². The lowest BCUT2D eigenvalue weighted by Gasteiger charge is -2.18. The van der Waals surface area contributed by atoms with Gasteiger partial charge >= 0.3 is 0 Å². The van der Waals surface area contributed by atoms with Crippen molar-refractivity contribution in [3.05, 3.63) is 68.1 Å². The molecule has 106 valence electrons. The second-order valence-corrected chi connectivity index (χ2v) is 6.48. The highest BCUT2D eigenvalue weighted by atomic mass is 79.9. The Hall–Kier alpha value is -0.830. The predicted octanol–water partition coefficient (Wildman–Crippen LogP) is 5.22. The summed E-state index contributed by atoms with van der Waals surface area (Å²) in [4.78, 5) is 0. The molecule has 2 aromatic rings. The molecule has 0 aliphatic carbocycles. The molecule has 1 atom stereocenters. The van der Waals surface area contributed by atoms with Crippen molar-refractivity contribution in [2.24, 2.45) is 0 Å². The normalized spacial score (nSPS) is 12.4. The molecule has 0 aliphatic heterocycles. The zero-order chi connectivity index (χ0) is 14.7. The molecule has 0 aromatic heterocycles. The van der Waals surface area contributed by atoms with Crippen LogP contribution < -0.4 is 5.32 Å². The minimum Gasteiger partial charge on any atom is -0.313 e. The molecule has 0 saturated carbocycles. The first-order chi connectivity index (χ1) is 9.49. The van der Waals surface area contributed by atoms with Crippen molar-refractivity contribution in [2.45, 2.75) is 26.3 Å². The molecule has 0 saturated heterocycles. The van der Waals surface area contributed by atoms with Gasteiger partial charge in [0.25, 0.3) is 0 Å². The molecule has 0 heterocycles. The number of nitrogens with one attached hydrogen (secondary N) is 1. The van der Waals surface area contributed by atoms with Gasteiger partial charge in [0.15, 0.2) is 0 Å². The van der Waals surface area contributed by atoms with E-state index in [1.807, 2.05) is 13.1 Å². The van der Waals surface area contributed by atoms with Crippen molar-refractivity contribution >= 4 is 27.5 Å². The molecular formula is C17H19BrClN. The fourth-order valence-electron chi connectivity index (χ4n) is 2.54. The summed E-state index contributed by atoms with van der Waals surface area (Å²) in [5, 5.41) is 4.13. The number of rotatable bonds is 4. The predicted molar refractivity (Wildman–Crippen MR) is 90.6 cm³/mol. The average molecular weight is 353 g/mol. The minimum absolute atomic E-state index is 0.282. The van der Waals surface area contributed by atoms with Crippen LogP contribution >= 0.6 is 27.5 Å². The quantitative estimate of drug-likeness (QED) is 0.795. The highest BCUT2D eigenvalue weighted by molar-refractivity contribution is 9.10. The van der Waals surface area contributed by atoms with Crippen LogP contribution in [0, 0.1) is 13.8 Å². The van der Waals surface area contributed by atoms with E-state index in [4.69, 9.17) is 11.6 Å². The summed E-state index contributed by atoms with van der Waals surface area (Å²) in [7, 11) is 2.00. The second kappa shape index (κ2) is 6.75. The number of hydrogen-bond donors (Lipinski definition) is 1. The van der Waals surface area contributed by atoms with Gasteiger partial charge in [-0.3, -0.25) is 0 Å². The minimum atomic E-state index is 0.282. The van der Waals surface area contributed by atoms with Crippen molar-refractivity contribution in [1.82, 2.24) is 5.32 Å². The molecule has 2 rings (SSSR count). The van der Waals surface area contributed by atoms with Gasteiger partial charge in [0.05, 0.1) is 5.02 Å². The van der Waals surface area contributed by atoms with Gasteiger partial charge in [-0.15, -0.1) is 0 Å². The molecule has 0 bridgehead atoms. The standard InChI is InChI=1S/C17H19BrClN/c1-11-6-12(2)8-13(7-11)9-17(20-3)14-4-5-16(19)15(18)10-14/h4-8,10,17,20H,9H2,1-3H3. The Morgan fingerprint density at radius 2 is 1.75 bits per heavy atom. The first-order valence-electron chi connectivity index (χ1n) is 6.69. The van der Waals surface area contributed by atoms with Gasteiger partial charge < -0.3 is 5.32 Å². The maximum absolute atomic E-state index is 6.06. The van der Waals surface area contributed by atoms with Gasteiger partial charge in [0.1, 0.15) is 0 Å². The van der Waals surface area contributed by atoms with E-state index < -0.39 is 0 Å². The maximum atomic E-state index is 6.06. The van der Waals surface area contributed by atoms with E-state index in [0.717, 1.165) is 15.9 Å². The van der Waals surface area contributed by atoms with Crippen LogP contribution in [0.1, 0.15) is 28.3 Å². The highest BCUT2D eigenvalue weighted by Crippen LogP contribution is 2.27. The fourth-order valence-corrected chi connectivity index (χ4v) is 3.05. The molecule has 1 N–H and O–H groups in total. The summed E-state index contributed by atoms with van der Waals surface area (Å²) in [6.45, 7) is 4.29. The zero-order valence-corrected chi connectivity index (χ0v) is 14.3. The Bertz CT molecular complexity index is 590. The van der Waals surface area contributed by atoms with Gasteiger partial charge in [-0.1, -0.05) is 47.0 Å². The third-order valence-electron chi connectivity index (χ3n) is 3.42. The summed E-state index contributed by atoms with van der Waals surface area (Å²) in [5.74, 6) is 0. The van der Waals surface area contributed by atoms with E-state index in [1.165, 1.54) is 22.3 Å². The Balaban J connectivity index is 2.26. The Morgan fingerprint density at radius 1 is 1.10 bits per heavy atom. The lowest BCUT2D eigenvalue weighted by Crippen LogP contribution is -2.19. The number of hydrogen-bond acceptors (Lipinski definition) is 1. The summed E-state index contributed by atoms with van der Waals surface area (Å²) in [6.07, 6.45) is 0.965. The summed E-state index contributed by atoms with van der Waals surface area (Å²) in [6, 6.07) is 13.1. The van der Waals surface area contributed by atoms with Crippen LogP contribution in [0.15, 0.2) is 40.9 Å². The van der Waals surface area contributed by atoms with Crippen LogP contribution in [0.25, 0.3) is 0 Å². The number of likely N-dealkylation sites (N-methyl/N-ethyl adjacent to an activating group) is 1. The largest absolute Gasteiger partial charge is 0.313 e. The van der Waals surface area contributed by atoms with Crippen LogP contribution in [-0.4, -0.2) is 7.05 Å². The number of aryl methyl sites for hydroxylation is 2. The first-order valence-corrected chi connectivity index (χ1v) is 7.86. The topological polar surface area (TPSA) is 12.0 Å². The van der Waals surface area contributed by atoms with Crippen molar-refractivity contribution in [3.8, 4) is 0 Å². The molecule has 3 heteroatoms. The molecule has 2 aromatic carbocycles. The molecule has 1 unspecified atom stereocenters. The summed E-state index contributed by atoms with van der Waals surface area (Å²) >= 11 is 9.56. The van der Waals surface area contributed by atoms with E-state index in [0.29, 0.717) is 0 Å². The van der Waals surface area contributed by atoms with E-state index >= 15 is 0 Å². The lowest BCUT2D eigenvalue weighted by atomic mass is 9.97. The van der Waals surface area contributed by atoms with Gasteiger partial charge in [0, 0.05) is 10.5 Å². The van der Waals surface area contributed by atoms with Gasteiger partial charge in [-0.25, -0.2) is 0 Å². The highest BCUT2D eigenvalue weighted by Gasteiger charge is 2.12. The summed E-state index contributed by atoms with van der Waals surface area (Å²) < 4.78 is 0.942. The molecule has 0 aliphatic rings.